The van der Waals surface area contributed by atoms with Crippen molar-refractivity contribution in [2.75, 3.05) is 13.1 Å². The van der Waals surface area contributed by atoms with Crippen LogP contribution in [-0.2, 0) is 11.3 Å². The Balaban J connectivity index is 2.68. The summed E-state index contributed by atoms with van der Waals surface area (Å²) in [5.74, 6) is -1.16. The molecule has 18 heavy (non-hydrogen) atoms. The van der Waals surface area contributed by atoms with Gasteiger partial charge in [-0.15, -0.1) is 0 Å². The zero-order valence-electron chi connectivity index (χ0n) is 10.8. The van der Waals surface area contributed by atoms with Gasteiger partial charge in [-0.05, 0) is 24.2 Å². The Bertz CT molecular complexity index is 451. The molecule has 0 heterocycles. The van der Waals surface area contributed by atoms with Gasteiger partial charge >= 0.3 is 5.97 Å². The number of carbonyl (C=O) groups is 1. The molecule has 0 saturated heterocycles. The van der Waals surface area contributed by atoms with E-state index in [2.05, 4.69) is 11.0 Å². The van der Waals surface area contributed by atoms with Crippen molar-refractivity contribution in [3.05, 3.63) is 35.4 Å². The maximum Gasteiger partial charge on any atom is 0.307 e. The summed E-state index contributed by atoms with van der Waals surface area (Å²) in [6.45, 7) is 5.68. The third-order valence-corrected chi connectivity index (χ3v) is 2.86. The normalized spacial score (nSPS) is 12.1. The van der Waals surface area contributed by atoms with Crippen LogP contribution in [0.1, 0.15) is 25.0 Å². The first kappa shape index (κ1) is 14.2. The molecule has 0 bridgehead atoms. The molecular formula is C14H18N2O2. The largest absolute Gasteiger partial charge is 0.481 e. The maximum atomic E-state index is 10.8. The minimum absolute atomic E-state index is 0.385. The minimum Gasteiger partial charge on any atom is -0.481 e. The Morgan fingerprint density at radius 1 is 1.56 bits per heavy atom. The molecular weight excluding hydrogens is 228 g/mol. The van der Waals surface area contributed by atoms with Crippen LogP contribution in [0.3, 0.4) is 0 Å². The molecule has 0 radical (unpaired) electrons. The molecule has 0 spiro atoms. The number of hydrogen-bond donors (Lipinski definition) is 1. The lowest BCUT2D eigenvalue weighted by Crippen LogP contribution is -2.31. The third kappa shape index (κ3) is 4.19. The minimum atomic E-state index is -0.778. The monoisotopic (exact) mass is 246 g/mol. The van der Waals surface area contributed by atoms with Crippen molar-refractivity contribution in [1.29, 1.82) is 5.26 Å². The van der Waals surface area contributed by atoms with Gasteiger partial charge in [-0.25, -0.2) is 0 Å². The second-order valence-electron chi connectivity index (χ2n) is 4.38. The summed E-state index contributed by atoms with van der Waals surface area (Å²) in [4.78, 5) is 12.9. The van der Waals surface area contributed by atoms with Gasteiger partial charge < -0.3 is 5.11 Å². The first-order valence-electron chi connectivity index (χ1n) is 6.01. The maximum absolute atomic E-state index is 10.8. The zero-order valence-corrected chi connectivity index (χ0v) is 10.8. The number of hydrogen-bond acceptors (Lipinski definition) is 3. The Hall–Kier alpha value is -1.86. The molecule has 0 saturated carbocycles. The second-order valence-corrected chi connectivity index (χ2v) is 4.38. The SMILES string of the molecule is CCN(Cc1cccc(C#N)c1)CC(C)C(=O)O. The zero-order chi connectivity index (χ0) is 13.5. The molecule has 96 valence electrons. The van der Waals surface area contributed by atoms with E-state index < -0.39 is 5.97 Å². The summed E-state index contributed by atoms with van der Waals surface area (Å²) in [6, 6.07) is 9.51. The van der Waals surface area contributed by atoms with Gasteiger partial charge in [-0.3, -0.25) is 9.69 Å². The van der Waals surface area contributed by atoms with Crippen molar-refractivity contribution in [1.82, 2.24) is 4.90 Å². The van der Waals surface area contributed by atoms with Crippen molar-refractivity contribution in [3.63, 3.8) is 0 Å². The van der Waals surface area contributed by atoms with Gasteiger partial charge in [0.2, 0.25) is 0 Å². The fourth-order valence-corrected chi connectivity index (χ4v) is 1.77. The van der Waals surface area contributed by atoms with Crippen LogP contribution in [0.15, 0.2) is 24.3 Å². The van der Waals surface area contributed by atoms with Gasteiger partial charge in [0.25, 0.3) is 0 Å². The standard InChI is InChI=1S/C14H18N2O2/c1-3-16(9-11(2)14(17)18)10-13-6-4-5-12(7-13)8-15/h4-7,11H,3,9-10H2,1-2H3,(H,17,18). The van der Waals surface area contributed by atoms with Crippen LogP contribution in [-0.4, -0.2) is 29.1 Å². The van der Waals surface area contributed by atoms with Crippen LogP contribution in [0.2, 0.25) is 0 Å². The average Bonchev–Trinajstić information content (AvgIpc) is 2.37. The predicted octanol–water partition coefficient (Wildman–Crippen LogP) is 2.10. The molecule has 1 unspecified atom stereocenters. The van der Waals surface area contributed by atoms with Crippen LogP contribution in [0, 0.1) is 17.2 Å². The van der Waals surface area contributed by atoms with E-state index in [1.54, 1.807) is 13.0 Å². The number of aliphatic carboxylic acids is 1. The van der Waals surface area contributed by atoms with E-state index in [9.17, 15) is 4.79 Å². The molecule has 1 atom stereocenters. The van der Waals surface area contributed by atoms with Crippen molar-refractivity contribution < 1.29 is 9.90 Å². The molecule has 1 N–H and O–H groups in total. The lowest BCUT2D eigenvalue weighted by atomic mass is 10.1. The first-order valence-corrected chi connectivity index (χ1v) is 6.01. The van der Waals surface area contributed by atoms with Gasteiger partial charge in [-0.2, -0.15) is 5.26 Å². The van der Waals surface area contributed by atoms with E-state index in [0.29, 0.717) is 18.7 Å². The van der Waals surface area contributed by atoms with Crippen molar-refractivity contribution in [2.24, 2.45) is 5.92 Å². The molecule has 0 aliphatic rings. The molecule has 0 amide bonds. The number of rotatable bonds is 6. The third-order valence-electron chi connectivity index (χ3n) is 2.86. The summed E-state index contributed by atoms with van der Waals surface area (Å²) in [7, 11) is 0. The van der Waals surface area contributed by atoms with E-state index in [-0.39, 0.29) is 5.92 Å². The van der Waals surface area contributed by atoms with Crippen LogP contribution >= 0.6 is 0 Å². The summed E-state index contributed by atoms with van der Waals surface area (Å²) in [5.41, 5.74) is 1.67. The number of nitriles is 1. The van der Waals surface area contributed by atoms with Crippen molar-refractivity contribution >= 4 is 5.97 Å². The van der Waals surface area contributed by atoms with E-state index in [1.165, 1.54) is 0 Å². The van der Waals surface area contributed by atoms with E-state index in [4.69, 9.17) is 10.4 Å². The smallest absolute Gasteiger partial charge is 0.307 e. The lowest BCUT2D eigenvalue weighted by molar-refractivity contribution is -0.141. The highest BCUT2D eigenvalue weighted by molar-refractivity contribution is 5.69. The molecule has 0 aliphatic heterocycles. The van der Waals surface area contributed by atoms with Crippen molar-refractivity contribution in [2.45, 2.75) is 20.4 Å². The second kappa shape index (κ2) is 6.77. The molecule has 4 heteroatoms. The fraction of sp³-hybridized carbons (Fsp3) is 0.429. The van der Waals surface area contributed by atoms with Crippen LogP contribution < -0.4 is 0 Å². The van der Waals surface area contributed by atoms with Crippen LogP contribution in [0.4, 0.5) is 0 Å². The molecule has 0 fully saturated rings. The van der Waals surface area contributed by atoms with Crippen molar-refractivity contribution in [3.8, 4) is 6.07 Å². The molecule has 1 rings (SSSR count). The molecule has 0 aromatic heterocycles. The highest BCUT2D eigenvalue weighted by atomic mass is 16.4. The highest BCUT2D eigenvalue weighted by Crippen LogP contribution is 2.09. The molecule has 0 aliphatic carbocycles. The summed E-state index contributed by atoms with van der Waals surface area (Å²) < 4.78 is 0. The van der Waals surface area contributed by atoms with E-state index >= 15 is 0 Å². The number of nitrogens with zero attached hydrogens (tertiary/aromatic N) is 2. The Kier molecular flexibility index (Phi) is 5.34. The van der Waals surface area contributed by atoms with Crippen LogP contribution in [0.5, 0.6) is 0 Å². The van der Waals surface area contributed by atoms with Gasteiger partial charge in [0, 0.05) is 13.1 Å². The van der Waals surface area contributed by atoms with Gasteiger partial charge in [0.1, 0.15) is 0 Å². The summed E-state index contributed by atoms with van der Waals surface area (Å²) in [5, 5.41) is 17.7. The van der Waals surface area contributed by atoms with Gasteiger partial charge in [0.15, 0.2) is 0 Å². The predicted molar refractivity (Wildman–Crippen MR) is 68.9 cm³/mol. The van der Waals surface area contributed by atoms with E-state index in [0.717, 1.165) is 12.1 Å². The molecule has 1 aromatic carbocycles. The molecule has 1 aromatic rings. The Morgan fingerprint density at radius 2 is 2.28 bits per heavy atom. The quantitative estimate of drug-likeness (QED) is 0.834. The highest BCUT2D eigenvalue weighted by Gasteiger charge is 2.15. The fourth-order valence-electron chi connectivity index (χ4n) is 1.77. The Labute approximate surface area is 107 Å². The van der Waals surface area contributed by atoms with Gasteiger partial charge in [-0.1, -0.05) is 26.0 Å². The van der Waals surface area contributed by atoms with Crippen LogP contribution in [0.25, 0.3) is 0 Å². The number of carboxylic acids is 1. The van der Waals surface area contributed by atoms with E-state index in [1.807, 2.05) is 25.1 Å². The summed E-state index contributed by atoms with van der Waals surface area (Å²) in [6.07, 6.45) is 0. The molecule has 4 nitrogen and oxygen atoms in total. The summed E-state index contributed by atoms with van der Waals surface area (Å²) >= 11 is 0. The lowest BCUT2D eigenvalue weighted by Gasteiger charge is -2.22. The average molecular weight is 246 g/mol. The Morgan fingerprint density at radius 3 is 2.83 bits per heavy atom. The van der Waals surface area contributed by atoms with Gasteiger partial charge in [0.05, 0.1) is 17.6 Å². The topological polar surface area (TPSA) is 64.3 Å². The first-order chi connectivity index (χ1) is 8.56. The number of benzene rings is 1. The number of carboxylic acid groups (broad SMARTS) is 1.